The molecule has 4 rings (SSSR count). The molecule has 0 aliphatic rings. The van der Waals surface area contributed by atoms with E-state index in [0.29, 0.717) is 21.9 Å². The molecule has 0 saturated carbocycles. The molecule has 0 radical (unpaired) electrons. The summed E-state index contributed by atoms with van der Waals surface area (Å²) in [7, 11) is -3.74. The number of benzene rings is 2. The number of nitrogens with zero attached hydrogens (tertiary/aromatic N) is 4. The Hall–Kier alpha value is -2.87. The standard InChI is InChI=1S/C20H15ClN4O2S/c1-14-5-4-12-25(13-14)20-19(22-17-6-2-3-7-18(17)23-20)24-28(26,27)16-10-8-15(21)9-11-16/h2-13H,1H3/p+1. The van der Waals surface area contributed by atoms with Crippen molar-refractivity contribution in [3.8, 4) is 5.82 Å². The van der Waals surface area contributed by atoms with Gasteiger partial charge in [0.05, 0.1) is 17.3 Å². The zero-order valence-electron chi connectivity index (χ0n) is 14.9. The Morgan fingerprint density at radius 2 is 1.68 bits per heavy atom. The molecule has 6 nitrogen and oxygen atoms in total. The van der Waals surface area contributed by atoms with E-state index in [2.05, 4.69) is 14.3 Å². The van der Waals surface area contributed by atoms with Crippen LogP contribution in [0.15, 0.2) is 82.3 Å². The highest BCUT2D eigenvalue weighted by Crippen LogP contribution is 2.24. The number of halogens is 1. The number of aryl methyl sites for hydroxylation is 1. The normalized spacial score (nSPS) is 13.2. The maximum atomic E-state index is 12.9. The van der Waals surface area contributed by atoms with Crippen LogP contribution in [0.2, 0.25) is 5.02 Å². The van der Waals surface area contributed by atoms with Gasteiger partial charge in [-0.2, -0.15) is 4.57 Å². The number of rotatable bonds is 3. The van der Waals surface area contributed by atoms with Crippen LogP contribution in [0.3, 0.4) is 0 Å². The molecule has 0 amide bonds. The summed E-state index contributed by atoms with van der Waals surface area (Å²) in [5.74, 6) is 0.454. The molecule has 0 bridgehead atoms. The highest BCUT2D eigenvalue weighted by Gasteiger charge is 2.22. The van der Waals surface area contributed by atoms with Gasteiger partial charge < -0.3 is 0 Å². The fourth-order valence-electron chi connectivity index (χ4n) is 2.72. The lowest BCUT2D eigenvalue weighted by atomic mass is 10.3. The largest absolute Gasteiger partial charge is 0.374 e. The number of para-hydroxylation sites is 2. The lowest BCUT2D eigenvalue weighted by Gasteiger charge is -2.05. The fraction of sp³-hybridized carbons (Fsp3) is 0.0500. The number of fused-ring (bicyclic) bond motifs is 1. The van der Waals surface area contributed by atoms with E-state index in [1.54, 1.807) is 29.0 Å². The molecular weight excluding hydrogens is 396 g/mol. The van der Waals surface area contributed by atoms with E-state index in [-0.39, 0.29) is 10.7 Å². The monoisotopic (exact) mass is 411 g/mol. The molecule has 2 aromatic carbocycles. The van der Waals surface area contributed by atoms with Gasteiger partial charge in [0.2, 0.25) is 5.52 Å². The van der Waals surface area contributed by atoms with Gasteiger partial charge >= 0.3 is 5.82 Å². The van der Waals surface area contributed by atoms with E-state index in [0.717, 1.165) is 5.56 Å². The topological polar surface area (TPSA) is 79.3 Å². The summed E-state index contributed by atoms with van der Waals surface area (Å²) in [5, 5.41) is 0.473. The van der Waals surface area contributed by atoms with Crippen molar-refractivity contribution in [3.63, 3.8) is 0 Å². The van der Waals surface area contributed by atoms with Gasteiger partial charge in [-0.1, -0.05) is 29.8 Å². The van der Waals surface area contributed by atoms with Crippen LogP contribution in [-0.2, 0) is 10.0 Å². The third-order valence-electron chi connectivity index (χ3n) is 4.06. The molecule has 1 atom stereocenters. The van der Waals surface area contributed by atoms with E-state index < -0.39 is 10.0 Å². The zero-order chi connectivity index (χ0) is 19.7. The van der Waals surface area contributed by atoms with E-state index in [9.17, 15) is 8.76 Å². The Labute approximate surface area is 167 Å². The van der Waals surface area contributed by atoms with E-state index >= 15 is 0 Å². The van der Waals surface area contributed by atoms with Crippen LogP contribution in [0.25, 0.3) is 16.9 Å². The highest BCUT2D eigenvalue weighted by atomic mass is 35.5. The molecule has 8 heteroatoms. The summed E-state index contributed by atoms with van der Waals surface area (Å²) in [6, 6.07) is 17.2. The van der Waals surface area contributed by atoms with Crippen LogP contribution in [0.4, 0.5) is 5.82 Å². The molecule has 140 valence electrons. The van der Waals surface area contributed by atoms with Crippen LogP contribution >= 0.6 is 11.6 Å². The Kier molecular flexibility index (Phi) is 4.80. The maximum Gasteiger partial charge on any atom is 0.374 e. The molecule has 1 unspecified atom stereocenters. The van der Waals surface area contributed by atoms with Crippen molar-refractivity contribution in [2.75, 3.05) is 0 Å². The van der Waals surface area contributed by atoms with Crippen molar-refractivity contribution in [2.24, 2.45) is 4.36 Å². The van der Waals surface area contributed by atoms with Crippen LogP contribution in [-0.4, -0.2) is 18.7 Å². The van der Waals surface area contributed by atoms with Gasteiger partial charge in [0.15, 0.2) is 10.0 Å². The summed E-state index contributed by atoms with van der Waals surface area (Å²) in [6.45, 7) is 1.95. The van der Waals surface area contributed by atoms with E-state index in [1.807, 2.05) is 43.5 Å². The van der Waals surface area contributed by atoms with Gasteiger partial charge in [-0.05, 0) is 59.9 Å². The van der Waals surface area contributed by atoms with Crippen LogP contribution < -0.4 is 4.57 Å². The minimum atomic E-state index is -3.74. The molecule has 4 aromatic rings. The lowest BCUT2D eigenvalue weighted by molar-refractivity contribution is -0.599. The second kappa shape index (κ2) is 7.27. The lowest BCUT2D eigenvalue weighted by Crippen LogP contribution is -2.31. The van der Waals surface area contributed by atoms with Crippen LogP contribution in [0, 0.1) is 6.92 Å². The molecule has 28 heavy (non-hydrogen) atoms. The van der Waals surface area contributed by atoms with Crippen LogP contribution in [0.5, 0.6) is 0 Å². The van der Waals surface area contributed by atoms with Gasteiger partial charge in [0.25, 0.3) is 5.82 Å². The first kappa shape index (κ1) is 18.5. The van der Waals surface area contributed by atoms with Gasteiger partial charge in [0.1, 0.15) is 5.52 Å². The predicted octanol–water partition coefficient (Wildman–Crippen LogP) is 4.50. The number of aromatic nitrogens is 3. The molecule has 2 aromatic heterocycles. The minimum Gasteiger partial charge on any atom is -0.296 e. The zero-order valence-corrected chi connectivity index (χ0v) is 16.4. The molecule has 0 aliphatic carbocycles. The van der Waals surface area contributed by atoms with Crippen molar-refractivity contribution in [1.82, 2.24) is 9.97 Å². The summed E-state index contributed by atoms with van der Waals surface area (Å²) in [4.78, 5) is 9.27. The minimum absolute atomic E-state index is 0.0803. The summed E-state index contributed by atoms with van der Waals surface area (Å²) in [6.07, 6.45) is 3.66. The number of pyridine rings is 1. The molecule has 0 saturated heterocycles. The maximum absolute atomic E-state index is 12.9. The van der Waals surface area contributed by atoms with E-state index in [1.165, 1.54) is 12.1 Å². The average Bonchev–Trinajstić information content (AvgIpc) is 2.67. The van der Waals surface area contributed by atoms with Crippen molar-refractivity contribution >= 4 is 38.5 Å². The predicted molar refractivity (Wildman–Crippen MR) is 108 cm³/mol. The quantitative estimate of drug-likeness (QED) is 0.503. The molecular formula is C20H16ClN4O2S+. The highest BCUT2D eigenvalue weighted by molar-refractivity contribution is 7.88. The molecule has 0 spiro atoms. The molecule has 0 fully saturated rings. The Balaban J connectivity index is 1.98. The second-order valence-electron chi connectivity index (χ2n) is 6.19. The Bertz CT molecular complexity index is 1300. The van der Waals surface area contributed by atoms with Crippen molar-refractivity contribution in [2.45, 2.75) is 11.8 Å². The van der Waals surface area contributed by atoms with Crippen molar-refractivity contribution in [1.29, 1.82) is 0 Å². The number of hydrogen-bond donors (Lipinski definition) is 1. The average molecular weight is 412 g/mol. The third kappa shape index (κ3) is 3.73. The van der Waals surface area contributed by atoms with Gasteiger partial charge in [-0.25, -0.2) is 9.19 Å². The SMILES string of the molecule is Cc1ccc[n+](-c2nc3ccccc3nc2N=S(=O)(O)c2ccc(Cl)cc2)c1. The van der Waals surface area contributed by atoms with Gasteiger partial charge in [-0.3, -0.25) is 4.55 Å². The third-order valence-corrected chi connectivity index (χ3v) is 5.62. The molecule has 2 heterocycles. The molecule has 0 aliphatic heterocycles. The first-order chi connectivity index (χ1) is 13.4. The smallest absolute Gasteiger partial charge is 0.296 e. The second-order valence-corrected chi connectivity index (χ2v) is 8.27. The van der Waals surface area contributed by atoms with E-state index in [4.69, 9.17) is 11.6 Å². The summed E-state index contributed by atoms with van der Waals surface area (Å²) < 4.78 is 29.3. The fourth-order valence-corrected chi connectivity index (χ4v) is 3.80. The van der Waals surface area contributed by atoms with Crippen molar-refractivity contribution < 1.29 is 13.3 Å². The van der Waals surface area contributed by atoms with Gasteiger partial charge in [0, 0.05) is 5.02 Å². The van der Waals surface area contributed by atoms with Crippen molar-refractivity contribution in [3.05, 3.63) is 83.6 Å². The number of hydrogen-bond acceptors (Lipinski definition) is 4. The van der Waals surface area contributed by atoms with Gasteiger partial charge in [-0.15, -0.1) is 4.36 Å². The summed E-state index contributed by atoms with van der Waals surface area (Å²) in [5.41, 5.74) is 2.26. The van der Waals surface area contributed by atoms with Crippen LogP contribution in [0.1, 0.15) is 5.56 Å². The summed E-state index contributed by atoms with van der Waals surface area (Å²) >= 11 is 5.88. The first-order valence-corrected chi connectivity index (χ1v) is 10.3. The first-order valence-electron chi connectivity index (χ1n) is 8.43. The Morgan fingerprint density at radius 1 is 1.00 bits per heavy atom. The Morgan fingerprint density at radius 3 is 2.36 bits per heavy atom. The molecule has 1 N–H and O–H groups in total.